The van der Waals surface area contributed by atoms with E-state index in [0.29, 0.717) is 12.1 Å². The first-order valence-electron chi connectivity index (χ1n) is 8.26. The van der Waals surface area contributed by atoms with Crippen LogP contribution in [0.4, 0.5) is 0 Å². The second-order valence-corrected chi connectivity index (χ2v) is 9.44. The molecule has 0 fully saturated rings. The molecule has 1 aliphatic rings. The maximum Gasteiger partial charge on any atom is 0.254 e. The quantitative estimate of drug-likeness (QED) is 0.821. The average Bonchev–Trinajstić information content (AvgIpc) is 3.08. The Kier molecular flexibility index (Phi) is 4.99. The van der Waals surface area contributed by atoms with E-state index in [9.17, 15) is 13.2 Å². The van der Waals surface area contributed by atoms with E-state index < -0.39 is 10.0 Å². The van der Waals surface area contributed by atoms with Gasteiger partial charge >= 0.3 is 0 Å². The molecule has 2 aromatic rings. The summed E-state index contributed by atoms with van der Waals surface area (Å²) in [4.78, 5) is 16.4. The fourth-order valence-corrected chi connectivity index (χ4v) is 5.12. The summed E-state index contributed by atoms with van der Waals surface area (Å²) in [5.74, 6) is -0.112. The summed E-state index contributed by atoms with van der Waals surface area (Å²) in [6.07, 6.45) is 1.69. The molecule has 1 amide bonds. The normalized spacial score (nSPS) is 17.6. The van der Waals surface area contributed by atoms with Gasteiger partial charge in [-0.3, -0.25) is 4.79 Å². The van der Waals surface area contributed by atoms with Crippen molar-refractivity contribution in [1.82, 2.24) is 9.21 Å². The predicted molar refractivity (Wildman–Crippen MR) is 99.4 cm³/mol. The summed E-state index contributed by atoms with van der Waals surface area (Å²) in [6.45, 7) is 2.74. The molecule has 25 heavy (non-hydrogen) atoms. The van der Waals surface area contributed by atoms with Gasteiger partial charge < -0.3 is 4.90 Å². The van der Waals surface area contributed by atoms with Crippen molar-refractivity contribution in [2.45, 2.75) is 30.7 Å². The predicted octanol–water partition coefficient (Wildman–Crippen LogP) is 3.15. The van der Waals surface area contributed by atoms with E-state index in [-0.39, 0.29) is 16.8 Å². The molecule has 0 unspecified atom stereocenters. The Bertz CT molecular complexity index is 887. The molecule has 3 rings (SSSR count). The van der Waals surface area contributed by atoms with E-state index in [1.807, 2.05) is 4.90 Å². The fourth-order valence-electron chi connectivity index (χ4n) is 3.25. The minimum Gasteiger partial charge on any atom is -0.331 e. The number of hydrogen-bond donors (Lipinski definition) is 0. The summed E-state index contributed by atoms with van der Waals surface area (Å²) in [7, 11) is -0.587. The van der Waals surface area contributed by atoms with Crippen molar-refractivity contribution in [2.24, 2.45) is 0 Å². The number of sulfonamides is 1. The van der Waals surface area contributed by atoms with E-state index in [4.69, 9.17) is 0 Å². The van der Waals surface area contributed by atoms with Gasteiger partial charge in [0.15, 0.2) is 0 Å². The zero-order chi connectivity index (χ0) is 18.2. The van der Waals surface area contributed by atoms with Crippen LogP contribution >= 0.6 is 11.3 Å². The van der Waals surface area contributed by atoms with Crippen LogP contribution in [0.15, 0.2) is 40.6 Å². The highest BCUT2D eigenvalue weighted by Crippen LogP contribution is 2.36. The number of carbonyl (C=O) groups excluding carboxylic acids is 1. The molecule has 2 heterocycles. The van der Waals surface area contributed by atoms with Crippen LogP contribution in [0.25, 0.3) is 0 Å². The van der Waals surface area contributed by atoms with Gasteiger partial charge in [-0.05, 0) is 48.1 Å². The summed E-state index contributed by atoms with van der Waals surface area (Å²) >= 11 is 1.74. The molecule has 0 radical (unpaired) electrons. The highest BCUT2D eigenvalue weighted by atomic mass is 32.2. The molecule has 0 saturated carbocycles. The van der Waals surface area contributed by atoms with E-state index >= 15 is 0 Å². The SMILES string of the molecule is CC[C@H]1c2ccsc2CCN1C(=O)c1cccc(S(=O)(=O)N(C)C)c1. The molecular formula is C18H22N2O3S2. The van der Waals surface area contributed by atoms with Crippen LogP contribution in [0.2, 0.25) is 0 Å². The van der Waals surface area contributed by atoms with Crippen molar-refractivity contribution in [3.05, 3.63) is 51.7 Å². The Morgan fingerprint density at radius 3 is 2.76 bits per heavy atom. The molecule has 1 aromatic carbocycles. The van der Waals surface area contributed by atoms with Crippen LogP contribution in [0.3, 0.4) is 0 Å². The average molecular weight is 379 g/mol. The maximum atomic E-state index is 13.1. The molecule has 0 N–H and O–H groups in total. The molecule has 0 bridgehead atoms. The van der Waals surface area contributed by atoms with Gasteiger partial charge in [0.2, 0.25) is 10.0 Å². The number of thiophene rings is 1. The molecule has 0 saturated heterocycles. The van der Waals surface area contributed by atoms with Crippen LogP contribution in [-0.4, -0.2) is 44.2 Å². The Morgan fingerprint density at radius 1 is 1.32 bits per heavy atom. The lowest BCUT2D eigenvalue weighted by Crippen LogP contribution is -2.39. The second kappa shape index (κ2) is 6.90. The molecule has 5 nitrogen and oxygen atoms in total. The number of nitrogens with zero attached hydrogens (tertiary/aromatic N) is 2. The van der Waals surface area contributed by atoms with E-state index in [1.165, 1.54) is 36.7 Å². The standard InChI is InChI=1S/C18H22N2O3S2/c1-4-16-15-9-11-24-17(15)8-10-20(16)18(21)13-6-5-7-14(12-13)25(22,23)19(2)3/h5-7,9,11-12,16H,4,8,10H2,1-3H3/t16-/m0/s1. The van der Waals surface area contributed by atoms with Crippen LogP contribution in [0.1, 0.15) is 40.2 Å². The molecule has 1 atom stereocenters. The van der Waals surface area contributed by atoms with E-state index in [0.717, 1.165) is 17.1 Å². The molecule has 1 aromatic heterocycles. The highest BCUT2D eigenvalue weighted by molar-refractivity contribution is 7.89. The van der Waals surface area contributed by atoms with Gasteiger partial charge in [-0.25, -0.2) is 12.7 Å². The minimum absolute atomic E-state index is 0.0524. The Morgan fingerprint density at radius 2 is 2.08 bits per heavy atom. The molecule has 1 aliphatic heterocycles. The number of rotatable bonds is 4. The Labute approximate surface area is 152 Å². The van der Waals surface area contributed by atoms with Gasteiger partial charge in [0.1, 0.15) is 0 Å². The molecule has 0 spiro atoms. The third-order valence-corrected chi connectivity index (χ3v) is 7.41. The Hall–Kier alpha value is -1.70. The summed E-state index contributed by atoms with van der Waals surface area (Å²) in [6, 6.07) is 8.47. The highest BCUT2D eigenvalue weighted by Gasteiger charge is 2.31. The summed E-state index contributed by atoms with van der Waals surface area (Å²) in [5.41, 5.74) is 1.64. The van der Waals surface area contributed by atoms with Crippen LogP contribution in [-0.2, 0) is 16.4 Å². The van der Waals surface area contributed by atoms with E-state index in [1.54, 1.807) is 23.5 Å². The number of hydrogen-bond acceptors (Lipinski definition) is 4. The van der Waals surface area contributed by atoms with Crippen LogP contribution < -0.4 is 0 Å². The van der Waals surface area contributed by atoms with Gasteiger partial charge in [-0.2, -0.15) is 0 Å². The lowest BCUT2D eigenvalue weighted by atomic mass is 9.97. The zero-order valence-corrected chi connectivity index (χ0v) is 16.2. The summed E-state index contributed by atoms with van der Waals surface area (Å²) < 4.78 is 25.8. The second-order valence-electron chi connectivity index (χ2n) is 6.29. The minimum atomic E-state index is -3.56. The summed E-state index contributed by atoms with van der Waals surface area (Å²) in [5, 5.41) is 2.07. The third kappa shape index (κ3) is 3.23. The monoisotopic (exact) mass is 378 g/mol. The van der Waals surface area contributed by atoms with E-state index in [2.05, 4.69) is 18.4 Å². The molecule has 0 aliphatic carbocycles. The lowest BCUT2D eigenvalue weighted by Gasteiger charge is -2.35. The van der Waals surface area contributed by atoms with Gasteiger partial charge in [-0.1, -0.05) is 13.0 Å². The third-order valence-electron chi connectivity index (χ3n) is 4.60. The van der Waals surface area contributed by atoms with Crippen molar-refractivity contribution in [3.8, 4) is 0 Å². The van der Waals surface area contributed by atoms with Crippen molar-refractivity contribution in [3.63, 3.8) is 0 Å². The fraction of sp³-hybridized carbons (Fsp3) is 0.389. The van der Waals surface area contributed by atoms with Crippen molar-refractivity contribution >= 4 is 27.3 Å². The number of carbonyl (C=O) groups is 1. The first-order valence-corrected chi connectivity index (χ1v) is 10.6. The van der Waals surface area contributed by atoms with Crippen molar-refractivity contribution in [1.29, 1.82) is 0 Å². The Balaban J connectivity index is 1.94. The number of benzene rings is 1. The largest absolute Gasteiger partial charge is 0.331 e. The molecular weight excluding hydrogens is 356 g/mol. The van der Waals surface area contributed by atoms with Gasteiger partial charge in [-0.15, -0.1) is 11.3 Å². The molecule has 7 heteroatoms. The topological polar surface area (TPSA) is 57.7 Å². The number of fused-ring (bicyclic) bond motifs is 1. The van der Waals surface area contributed by atoms with Crippen molar-refractivity contribution < 1.29 is 13.2 Å². The number of amides is 1. The van der Waals surface area contributed by atoms with Gasteiger partial charge in [0, 0.05) is 31.1 Å². The van der Waals surface area contributed by atoms with Crippen LogP contribution in [0, 0.1) is 0 Å². The maximum absolute atomic E-state index is 13.1. The molecule has 134 valence electrons. The first kappa shape index (κ1) is 18.1. The van der Waals surface area contributed by atoms with Gasteiger partial charge in [0.25, 0.3) is 5.91 Å². The van der Waals surface area contributed by atoms with Gasteiger partial charge in [0.05, 0.1) is 10.9 Å². The van der Waals surface area contributed by atoms with Crippen LogP contribution in [0.5, 0.6) is 0 Å². The van der Waals surface area contributed by atoms with Crippen molar-refractivity contribution in [2.75, 3.05) is 20.6 Å². The smallest absolute Gasteiger partial charge is 0.254 e. The lowest BCUT2D eigenvalue weighted by molar-refractivity contribution is 0.0657. The zero-order valence-electron chi connectivity index (χ0n) is 14.6. The first-order chi connectivity index (χ1) is 11.9.